The Bertz CT molecular complexity index is 563. The standard InChI is InChI=1S/C12H11N3O4/c16-11(7-10-12(17)14-6-5-13-10)8-1-3-9(4-2-8)15(18)19/h1-4,7,13H,5-6H2,(H,14,17)/b10-7+. The minimum Gasteiger partial charge on any atom is -0.379 e. The number of carbonyl (C=O) groups excluding carboxylic acids is 2. The highest BCUT2D eigenvalue weighted by Crippen LogP contribution is 2.13. The summed E-state index contributed by atoms with van der Waals surface area (Å²) >= 11 is 0. The summed E-state index contributed by atoms with van der Waals surface area (Å²) in [6, 6.07) is 5.22. The predicted octanol–water partition coefficient (Wildman–Crippen LogP) is 0.381. The minimum atomic E-state index is -0.539. The number of carbonyl (C=O) groups is 2. The molecule has 1 amide bonds. The molecule has 7 nitrogen and oxygen atoms in total. The Morgan fingerprint density at radius 2 is 1.84 bits per heavy atom. The van der Waals surface area contributed by atoms with E-state index in [1.165, 1.54) is 30.3 Å². The highest BCUT2D eigenvalue weighted by atomic mass is 16.6. The molecule has 1 saturated heterocycles. The molecule has 0 spiro atoms. The molecule has 0 atom stereocenters. The number of benzene rings is 1. The number of piperazine rings is 1. The second kappa shape index (κ2) is 5.30. The van der Waals surface area contributed by atoms with Crippen LogP contribution in [0.1, 0.15) is 10.4 Å². The van der Waals surface area contributed by atoms with E-state index in [1.807, 2.05) is 0 Å². The Morgan fingerprint density at radius 3 is 2.42 bits per heavy atom. The summed E-state index contributed by atoms with van der Waals surface area (Å²) in [7, 11) is 0. The Kier molecular flexibility index (Phi) is 3.56. The van der Waals surface area contributed by atoms with Gasteiger partial charge in [-0.15, -0.1) is 0 Å². The average molecular weight is 261 g/mol. The fraction of sp³-hybridized carbons (Fsp3) is 0.167. The van der Waals surface area contributed by atoms with Crippen molar-refractivity contribution in [2.24, 2.45) is 0 Å². The molecule has 1 aliphatic heterocycles. The molecule has 1 aromatic rings. The van der Waals surface area contributed by atoms with Crippen molar-refractivity contribution in [3.05, 3.63) is 51.7 Å². The van der Waals surface area contributed by atoms with E-state index in [2.05, 4.69) is 10.6 Å². The third kappa shape index (κ3) is 2.95. The lowest BCUT2D eigenvalue weighted by molar-refractivity contribution is -0.384. The lowest BCUT2D eigenvalue weighted by Gasteiger charge is -2.16. The smallest absolute Gasteiger partial charge is 0.269 e. The van der Waals surface area contributed by atoms with E-state index in [-0.39, 0.29) is 23.1 Å². The van der Waals surface area contributed by atoms with Crippen LogP contribution in [0, 0.1) is 10.1 Å². The molecule has 1 aliphatic rings. The number of nitro benzene ring substituents is 1. The van der Waals surface area contributed by atoms with Crippen LogP contribution < -0.4 is 10.6 Å². The van der Waals surface area contributed by atoms with Crippen LogP contribution in [0.25, 0.3) is 0 Å². The number of nitrogens with one attached hydrogen (secondary N) is 2. The normalized spacial score (nSPS) is 16.6. The molecule has 2 rings (SSSR count). The molecular weight excluding hydrogens is 250 g/mol. The van der Waals surface area contributed by atoms with E-state index < -0.39 is 4.92 Å². The maximum absolute atomic E-state index is 11.9. The largest absolute Gasteiger partial charge is 0.379 e. The Labute approximate surface area is 108 Å². The van der Waals surface area contributed by atoms with E-state index >= 15 is 0 Å². The number of rotatable bonds is 3. The molecule has 1 heterocycles. The number of amides is 1. The summed E-state index contributed by atoms with van der Waals surface area (Å²) in [4.78, 5) is 33.2. The van der Waals surface area contributed by atoms with Gasteiger partial charge >= 0.3 is 0 Å². The van der Waals surface area contributed by atoms with Gasteiger partial charge in [-0.05, 0) is 12.1 Å². The summed E-state index contributed by atoms with van der Waals surface area (Å²) in [5.74, 6) is -0.712. The Balaban J connectivity index is 2.17. The molecule has 0 aromatic heterocycles. The van der Waals surface area contributed by atoms with Gasteiger partial charge in [0.15, 0.2) is 5.78 Å². The third-order valence-corrected chi connectivity index (χ3v) is 2.61. The molecule has 0 bridgehead atoms. The maximum atomic E-state index is 11.9. The second-order valence-corrected chi connectivity index (χ2v) is 3.91. The van der Waals surface area contributed by atoms with Gasteiger partial charge in [0.25, 0.3) is 11.6 Å². The highest BCUT2D eigenvalue weighted by molar-refractivity contribution is 6.09. The van der Waals surface area contributed by atoms with Gasteiger partial charge in [0, 0.05) is 36.9 Å². The van der Waals surface area contributed by atoms with Gasteiger partial charge in [-0.2, -0.15) is 0 Å². The lowest BCUT2D eigenvalue weighted by Crippen LogP contribution is -2.43. The van der Waals surface area contributed by atoms with E-state index in [1.54, 1.807) is 0 Å². The van der Waals surface area contributed by atoms with Crippen LogP contribution in [0.3, 0.4) is 0 Å². The van der Waals surface area contributed by atoms with E-state index in [4.69, 9.17) is 0 Å². The van der Waals surface area contributed by atoms with Gasteiger partial charge in [0.2, 0.25) is 0 Å². The number of hydrogen-bond acceptors (Lipinski definition) is 5. The fourth-order valence-electron chi connectivity index (χ4n) is 1.63. The first kappa shape index (κ1) is 12.7. The summed E-state index contributed by atoms with van der Waals surface area (Å²) in [5, 5.41) is 15.9. The van der Waals surface area contributed by atoms with Gasteiger partial charge in [0.1, 0.15) is 5.70 Å². The van der Waals surface area contributed by atoms with Crippen molar-refractivity contribution in [2.45, 2.75) is 0 Å². The van der Waals surface area contributed by atoms with Crippen molar-refractivity contribution in [1.29, 1.82) is 0 Å². The molecule has 0 saturated carbocycles. The fourth-order valence-corrected chi connectivity index (χ4v) is 1.63. The van der Waals surface area contributed by atoms with Crippen molar-refractivity contribution in [1.82, 2.24) is 10.6 Å². The van der Waals surface area contributed by atoms with Gasteiger partial charge in [0.05, 0.1) is 4.92 Å². The van der Waals surface area contributed by atoms with Crippen LogP contribution in [0.15, 0.2) is 36.0 Å². The molecule has 98 valence electrons. The molecule has 0 unspecified atom stereocenters. The van der Waals surface area contributed by atoms with Crippen LogP contribution in [0.4, 0.5) is 5.69 Å². The molecule has 7 heteroatoms. The SMILES string of the molecule is O=C1NCCN/C1=C/C(=O)c1ccc([N+](=O)[O-])cc1. The van der Waals surface area contributed by atoms with Crippen LogP contribution in [-0.2, 0) is 4.79 Å². The average Bonchev–Trinajstić information content (AvgIpc) is 2.41. The van der Waals surface area contributed by atoms with Gasteiger partial charge in [-0.25, -0.2) is 0 Å². The Hall–Kier alpha value is -2.70. The third-order valence-electron chi connectivity index (χ3n) is 2.61. The number of non-ortho nitro benzene ring substituents is 1. The summed E-state index contributed by atoms with van der Waals surface area (Å²) in [5.41, 5.74) is 0.408. The Morgan fingerprint density at radius 1 is 1.21 bits per heavy atom. The molecule has 1 fully saturated rings. The summed E-state index contributed by atoms with van der Waals surface area (Å²) in [6.45, 7) is 1.08. The molecule has 2 N–H and O–H groups in total. The quantitative estimate of drug-likeness (QED) is 0.354. The van der Waals surface area contributed by atoms with Crippen LogP contribution in [0.2, 0.25) is 0 Å². The van der Waals surface area contributed by atoms with Crippen LogP contribution in [0.5, 0.6) is 0 Å². The van der Waals surface area contributed by atoms with E-state index in [0.717, 1.165) is 0 Å². The molecular formula is C12H11N3O4. The van der Waals surface area contributed by atoms with Crippen molar-refractivity contribution in [2.75, 3.05) is 13.1 Å². The van der Waals surface area contributed by atoms with Crippen molar-refractivity contribution in [3.8, 4) is 0 Å². The first-order valence-electron chi connectivity index (χ1n) is 5.60. The predicted molar refractivity (Wildman–Crippen MR) is 66.5 cm³/mol. The zero-order chi connectivity index (χ0) is 13.8. The minimum absolute atomic E-state index is 0.0854. The second-order valence-electron chi connectivity index (χ2n) is 3.91. The number of hydrogen-bond donors (Lipinski definition) is 2. The summed E-state index contributed by atoms with van der Waals surface area (Å²) < 4.78 is 0. The van der Waals surface area contributed by atoms with Gasteiger partial charge < -0.3 is 10.6 Å². The van der Waals surface area contributed by atoms with Crippen LogP contribution >= 0.6 is 0 Å². The molecule has 19 heavy (non-hydrogen) atoms. The number of allylic oxidation sites excluding steroid dienone is 1. The number of ketones is 1. The monoisotopic (exact) mass is 261 g/mol. The first-order valence-corrected chi connectivity index (χ1v) is 5.60. The zero-order valence-corrected chi connectivity index (χ0v) is 9.88. The van der Waals surface area contributed by atoms with Crippen molar-refractivity contribution < 1.29 is 14.5 Å². The van der Waals surface area contributed by atoms with E-state index in [0.29, 0.717) is 18.7 Å². The first-order chi connectivity index (χ1) is 9.08. The molecule has 0 radical (unpaired) electrons. The van der Waals surface area contributed by atoms with Crippen LogP contribution in [-0.4, -0.2) is 29.7 Å². The highest BCUT2D eigenvalue weighted by Gasteiger charge is 2.16. The topological polar surface area (TPSA) is 101 Å². The maximum Gasteiger partial charge on any atom is 0.269 e. The summed E-state index contributed by atoms with van der Waals surface area (Å²) in [6.07, 6.45) is 1.19. The number of nitro groups is 1. The van der Waals surface area contributed by atoms with E-state index in [9.17, 15) is 19.7 Å². The van der Waals surface area contributed by atoms with Crippen molar-refractivity contribution >= 4 is 17.4 Å². The molecule has 0 aliphatic carbocycles. The number of nitrogens with zero attached hydrogens (tertiary/aromatic N) is 1. The molecule has 1 aromatic carbocycles. The zero-order valence-electron chi connectivity index (χ0n) is 9.88. The van der Waals surface area contributed by atoms with Gasteiger partial charge in [-0.3, -0.25) is 19.7 Å². The van der Waals surface area contributed by atoms with Crippen molar-refractivity contribution in [3.63, 3.8) is 0 Å². The van der Waals surface area contributed by atoms with Gasteiger partial charge in [-0.1, -0.05) is 0 Å². The lowest BCUT2D eigenvalue weighted by atomic mass is 10.1.